The number of anilines is 3. The van der Waals surface area contributed by atoms with Crippen molar-refractivity contribution in [1.82, 2.24) is 14.5 Å². The second-order valence-corrected chi connectivity index (χ2v) is 13.9. The molecule has 0 saturated heterocycles. The maximum atomic E-state index is 5.47. The van der Waals surface area contributed by atoms with E-state index in [0.717, 1.165) is 56.4 Å². The number of aromatic nitrogens is 3. The maximum Gasteiger partial charge on any atom is 0.138 e. The van der Waals surface area contributed by atoms with Crippen molar-refractivity contribution < 1.29 is 0 Å². The van der Waals surface area contributed by atoms with Crippen molar-refractivity contribution in [2.75, 3.05) is 4.90 Å². The van der Waals surface area contributed by atoms with Gasteiger partial charge in [0.15, 0.2) is 0 Å². The van der Waals surface area contributed by atoms with E-state index >= 15 is 0 Å². The number of hydrogen-bond acceptors (Lipinski definition) is 3. The van der Waals surface area contributed by atoms with E-state index in [9.17, 15) is 0 Å². The van der Waals surface area contributed by atoms with Gasteiger partial charge in [-0.05, 0) is 87.8 Å². The summed E-state index contributed by atoms with van der Waals surface area (Å²) >= 11 is 0. The van der Waals surface area contributed by atoms with E-state index in [0.29, 0.717) is 0 Å². The molecule has 0 bridgehead atoms. The molecule has 0 fully saturated rings. The first-order valence-electron chi connectivity index (χ1n) is 18.3. The average molecular weight is 689 g/mol. The van der Waals surface area contributed by atoms with Crippen LogP contribution in [0.25, 0.3) is 83.0 Å². The van der Waals surface area contributed by atoms with Crippen molar-refractivity contribution in [1.29, 1.82) is 0 Å². The molecule has 4 nitrogen and oxygen atoms in total. The lowest BCUT2D eigenvalue weighted by molar-refractivity contribution is 1.08. The Labute approximate surface area is 312 Å². The van der Waals surface area contributed by atoms with Gasteiger partial charge in [-0.2, -0.15) is 0 Å². The van der Waals surface area contributed by atoms with Crippen LogP contribution < -0.4 is 4.90 Å². The van der Waals surface area contributed by atoms with E-state index in [2.05, 4.69) is 191 Å². The normalized spacial score (nSPS) is 12.0. The average Bonchev–Trinajstić information content (AvgIpc) is 3.57. The minimum atomic E-state index is 0.865. The topological polar surface area (TPSA) is 34.0 Å². The molecule has 4 heteroatoms. The summed E-state index contributed by atoms with van der Waals surface area (Å²) in [7, 11) is 0. The van der Waals surface area contributed by atoms with Gasteiger partial charge < -0.3 is 0 Å². The Bertz CT molecular complexity index is 2960. The fraction of sp³-hybridized carbons (Fsp3) is 0. The molecule has 4 heterocycles. The number of fused-ring (bicyclic) bond motifs is 5. The molecule has 54 heavy (non-hydrogen) atoms. The Morgan fingerprint density at radius 2 is 1.07 bits per heavy atom. The van der Waals surface area contributed by atoms with Crippen LogP contribution >= 0.6 is 0 Å². The highest BCUT2D eigenvalue weighted by Crippen LogP contribution is 2.53. The Hall–Kier alpha value is -7.30. The number of benzene rings is 7. The Morgan fingerprint density at radius 3 is 1.81 bits per heavy atom. The number of hydrogen-bond donors (Lipinski definition) is 0. The van der Waals surface area contributed by atoms with Crippen LogP contribution in [0.2, 0.25) is 0 Å². The molecule has 0 radical (unpaired) electrons. The molecule has 10 aromatic rings. The molecule has 0 N–H and O–H groups in total. The van der Waals surface area contributed by atoms with Crippen molar-refractivity contribution in [3.05, 3.63) is 194 Å². The van der Waals surface area contributed by atoms with Crippen LogP contribution in [0.3, 0.4) is 0 Å². The van der Waals surface area contributed by atoms with Gasteiger partial charge in [-0.25, -0.2) is 9.97 Å². The lowest BCUT2D eigenvalue weighted by Gasteiger charge is -2.33. The van der Waals surface area contributed by atoms with E-state index in [-0.39, 0.29) is 0 Å². The molecule has 11 rings (SSSR count). The van der Waals surface area contributed by atoms with Gasteiger partial charge in [0.2, 0.25) is 0 Å². The van der Waals surface area contributed by atoms with Crippen molar-refractivity contribution in [2.24, 2.45) is 0 Å². The Morgan fingerprint density at radius 1 is 0.389 bits per heavy atom. The van der Waals surface area contributed by atoms with Crippen LogP contribution in [-0.2, 0) is 0 Å². The smallest absolute Gasteiger partial charge is 0.138 e. The number of rotatable bonds is 5. The van der Waals surface area contributed by atoms with E-state index < -0.39 is 0 Å². The first kappa shape index (κ1) is 30.3. The zero-order chi connectivity index (χ0) is 35.6. The standard InChI is InChI=1S/C50H32N4/c1-4-14-33(15-5-1)37-25-26-44-40(28-37)42-31-41-39-22-12-20-36-21-13-23-45(50(36)39)54(46(41)32-47(42)53(44)48-24-10-11-27-51-48)49-30-38(34-16-6-2-7-17-34)29-43(52-49)35-18-8-3-9-19-35/h1-32H. The van der Waals surface area contributed by atoms with Crippen LogP contribution in [0.5, 0.6) is 0 Å². The van der Waals surface area contributed by atoms with Crippen LogP contribution in [0.1, 0.15) is 0 Å². The van der Waals surface area contributed by atoms with Gasteiger partial charge in [0.05, 0.1) is 28.1 Å². The van der Waals surface area contributed by atoms with Crippen molar-refractivity contribution in [3.8, 4) is 50.5 Å². The van der Waals surface area contributed by atoms with Gasteiger partial charge >= 0.3 is 0 Å². The van der Waals surface area contributed by atoms with Gasteiger partial charge in [0.1, 0.15) is 11.6 Å². The summed E-state index contributed by atoms with van der Waals surface area (Å²) in [5, 5.41) is 4.79. The molecular weight excluding hydrogens is 657 g/mol. The fourth-order valence-electron chi connectivity index (χ4n) is 8.29. The van der Waals surface area contributed by atoms with Crippen molar-refractivity contribution in [2.45, 2.75) is 0 Å². The van der Waals surface area contributed by atoms with Gasteiger partial charge in [-0.1, -0.05) is 133 Å². The minimum absolute atomic E-state index is 0.865. The maximum absolute atomic E-state index is 5.47. The van der Waals surface area contributed by atoms with Crippen LogP contribution in [0, 0.1) is 0 Å². The van der Waals surface area contributed by atoms with Gasteiger partial charge in [0, 0.05) is 33.5 Å². The first-order chi connectivity index (χ1) is 26.8. The highest BCUT2D eigenvalue weighted by molar-refractivity contribution is 6.19. The van der Waals surface area contributed by atoms with Crippen LogP contribution in [-0.4, -0.2) is 14.5 Å². The summed E-state index contributed by atoms with van der Waals surface area (Å²) < 4.78 is 2.31. The summed E-state index contributed by atoms with van der Waals surface area (Å²) in [5.41, 5.74) is 13.4. The molecule has 0 atom stereocenters. The van der Waals surface area contributed by atoms with E-state index in [1.807, 2.05) is 12.3 Å². The molecule has 1 aliphatic rings. The molecule has 3 aromatic heterocycles. The van der Waals surface area contributed by atoms with E-state index in [1.54, 1.807) is 0 Å². The third kappa shape index (κ3) is 4.78. The van der Waals surface area contributed by atoms with Gasteiger partial charge in [-0.3, -0.25) is 9.47 Å². The minimum Gasteiger partial charge on any atom is -0.294 e. The van der Waals surface area contributed by atoms with Gasteiger partial charge in [0.25, 0.3) is 0 Å². The van der Waals surface area contributed by atoms with Gasteiger partial charge in [-0.15, -0.1) is 0 Å². The zero-order valence-corrected chi connectivity index (χ0v) is 29.3. The monoisotopic (exact) mass is 688 g/mol. The summed E-state index contributed by atoms with van der Waals surface area (Å²) in [6.45, 7) is 0. The quantitative estimate of drug-likeness (QED) is 0.180. The summed E-state index contributed by atoms with van der Waals surface area (Å²) in [4.78, 5) is 12.7. The summed E-state index contributed by atoms with van der Waals surface area (Å²) in [6, 6.07) is 67.1. The molecule has 1 aliphatic heterocycles. The summed E-state index contributed by atoms with van der Waals surface area (Å²) in [6.07, 6.45) is 1.87. The van der Waals surface area contributed by atoms with Crippen molar-refractivity contribution >= 4 is 49.8 Å². The lowest BCUT2D eigenvalue weighted by atomic mass is 9.90. The fourth-order valence-corrected chi connectivity index (χ4v) is 8.29. The molecular formula is C50H32N4. The largest absolute Gasteiger partial charge is 0.294 e. The molecule has 7 aromatic carbocycles. The molecule has 0 spiro atoms. The number of nitrogens with zero attached hydrogens (tertiary/aromatic N) is 4. The predicted octanol–water partition coefficient (Wildman–Crippen LogP) is 13.2. The lowest BCUT2D eigenvalue weighted by Crippen LogP contribution is -2.17. The SMILES string of the molecule is c1ccc(-c2cc(-c3ccccc3)nc(N3c4cc5c(cc4-c4cccc6cccc3c46)c3cc(-c4ccccc4)ccc3n5-c3ccccn3)c2)cc1. The second kappa shape index (κ2) is 12.1. The molecule has 252 valence electrons. The third-order valence-electron chi connectivity index (χ3n) is 10.7. The number of pyridine rings is 2. The summed E-state index contributed by atoms with van der Waals surface area (Å²) in [5.74, 6) is 1.75. The highest BCUT2D eigenvalue weighted by atomic mass is 15.2. The molecule has 0 amide bonds. The van der Waals surface area contributed by atoms with Crippen LogP contribution in [0.4, 0.5) is 17.2 Å². The molecule has 0 saturated carbocycles. The Balaban J connectivity index is 1.25. The Kier molecular flexibility index (Phi) is 6.82. The second-order valence-electron chi connectivity index (χ2n) is 13.9. The van der Waals surface area contributed by atoms with Crippen molar-refractivity contribution in [3.63, 3.8) is 0 Å². The predicted molar refractivity (Wildman–Crippen MR) is 224 cm³/mol. The van der Waals surface area contributed by atoms with E-state index in [4.69, 9.17) is 9.97 Å². The van der Waals surface area contributed by atoms with Crippen LogP contribution in [0.15, 0.2) is 194 Å². The molecule has 0 unspecified atom stereocenters. The zero-order valence-electron chi connectivity index (χ0n) is 29.3. The van der Waals surface area contributed by atoms with E-state index in [1.165, 1.54) is 43.8 Å². The third-order valence-corrected chi connectivity index (χ3v) is 10.7. The first-order valence-corrected chi connectivity index (χ1v) is 18.3. The molecule has 0 aliphatic carbocycles. The highest BCUT2D eigenvalue weighted by Gasteiger charge is 2.29.